The van der Waals surface area contributed by atoms with Gasteiger partial charge in [0.1, 0.15) is 16.5 Å². The first-order valence-corrected chi connectivity index (χ1v) is 7.04. The van der Waals surface area contributed by atoms with Gasteiger partial charge in [0.2, 0.25) is 0 Å². The maximum Gasteiger partial charge on any atom is 0.147 e. The van der Waals surface area contributed by atoms with Crippen LogP contribution in [0.25, 0.3) is 10.8 Å². The van der Waals surface area contributed by atoms with Crippen molar-refractivity contribution in [3.63, 3.8) is 0 Å². The molecule has 0 aliphatic heterocycles. The first-order valence-electron chi connectivity index (χ1n) is 6.25. The quantitative estimate of drug-likeness (QED) is 0.732. The minimum atomic E-state index is 0.363. The summed E-state index contributed by atoms with van der Waals surface area (Å²) in [5.41, 5.74) is 6.60. The summed E-state index contributed by atoms with van der Waals surface area (Å²) < 4.78 is 5.88. The van der Waals surface area contributed by atoms with Gasteiger partial charge in [0, 0.05) is 23.2 Å². The van der Waals surface area contributed by atoms with Gasteiger partial charge < -0.3 is 10.5 Å². The van der Waals surface area contributed by atoms with Crippen LogP contribution in [-0.4, -0.2) is 9.97 Å². The summed E-state index contributed by atoms with van der Waals surface area (Å²) in [7, 11) is 0. The predicted octanol–water partition coefficient (Wildman–Crippen LogP) is 4.31. The fourth-order valence-electron chi connectivity index (χ4n) is 2.15. The average molecular weight is 315 g/mol. The molecular formula is C16H11ClN2OS. The summed E-state index contributed by atoms with van der Waals surface area (Å²) >= 11 is 11.0. The standard InChI is InChI=1S/C16H11ClN2OS/c17-10-7-11(9-19-8-10)20-15-6-5-14(16(18)21)12-3-1-2-4-13(12)15/h1-9H,(H2,18,21). The minimum absolute atomic E-state index is 0.363. The Morgan fingerprint density at radius 2 is 1.86 bits per heavy atom. The summed E-state index contributed by atoms with van der Waals surface area (Å²) in [6.45, 7) is 0. The number of nitrogens with two attached hydrogens (primary N) is 1. The Balaban J connectivity index is 2.12. The molecule has 0 atom stereocenters. The van der Waals surface area contributed by atoms with E-state index >= 15 is 0 Å². The Labute approximate surface area is 132 Å². The van der Waals surface area contributed by atoms with Gasteiger partial charge in [0.15, 0.2) is 0 Å². The molecule has 0 saturated heterocycles. The lowest BCUT2D eigenvalue weighted by Gasteiger charge is -2.11. The Hall–Kier alpha value is -2.17. The van der Waals surface area contributed by atoms with Crippen molar-refractivity contribution in [1.82, 2.24) is 4.98 Å². The molecule has 0 aliphatic carbocycles. The number of benzene rings is 2. The Kier molecular flexibility index (Phi) is 3.73. The summed E-state index contributed by atoms with van der Waals surface area (Å²) in [6.07, 6.45) is 3.17. The van der Waals surface area contributed by atoms with E-state index in [0.717, 1.165) is 16.3 Å². The molecule has 2 N–H and O–H groups in total. The lowest BCUT2D eigenvalue weighted by Crippen LogP contribution is -2.09. The molecule has 0 bridgehead atoms. The van der Waals surface area contributed by atoms with Crippen LogP contribution in [0.15, 0.2) is 54.9 Å². The van der Waals surface area contributed by atoms with Gasteiger partial charge in [-0.2, -0.15) is 0 Å². The van der Waals surface area contributed by atoms with E-state index in [1.165, 1.54) is 0 Å². The highest BCUT2D eigenvalue weighted by molar-refractivity contribution is 7.80. The fraction of sp³-hybridized carbons (Fsp3) is 0. The molecule has 3 nitrogen and oxygen atoms in total. The van der Waals surface area contributed by atoms with E-state index in [1.54, 1.807) is 18.5 Å². The molecule has 2 aromatic carbocycles. The van der Waals surface area contributed by atoms with Crippen molar-refractivity contribution in [2.45, 2.75) is 0 Å². The van der Waals surface area contributed by atoms with Crippen LogP contribution in [0.5, 0.6) is 11.5 Å². The highest BCUT2D eigenvalue weighted by atomic mass is 35.5. The SMILES string of the molecule is NC(=S)c1ccc(Oc2cncc(Cl)c2)c2ccccc12. The van der Waals surface area contributed by atoms with E-state index in [4.69, 9.17) is 34.3 Å². The Bertz CT molecular complexity index is 835. The van der Waals surface area contributed by atoms with Gasteiger partial charge in [-0.05, 0) is 17.5 Å². The van der Waals surface area contributed by atoms with Crippen molar-refractivity contribution >= 4 is 39.6 Å². The monoisotopic (exact) mass is 314 g/mol. The van der Waals surface area contributed by atoms with Crippen LogP contribution in [0.3, 0.4) is 0 Å². The number of hydrogen-bond donors (Lipinski definition) is 1. The minimum Gasteiger partial charge on any atom is -0.455 e. The smallest absolute Gasteiger partial charge is 0.147 e. The molecule has 0 spiro atoms. The van der Waals surface area contributed by atoms with Crippen molar-refractivity contribution in [3.8, 4) is 11.5 Å². The number of nitrogens with zero attached hydrogens (tertiary/aromatic N) is 1. The number of hydrogen-bond acceptors (Lipinski definition) is 3. The van der Waals surface area contributed by atoms with Crippen molar-refractivity contribution in [3.05, 3.63) is 65.4 Å². The number of rotatable bonds is 3. The van der Waals surface area contributed by atoms with Crippen LogP contribution in [0.1, 0.15) is 5.56 Å². The van der Waals surface area contributed by atoms with Crippen molar-refractivity contribution in [2.24, 2.45) is 5.73 Å². The molecule has 104 valence electrons. The molecular weight excluding hydrogens is 304 g/mol. The second kappa shape index (κ2) is 5.68. The van der Waals surface area contributed by atoms with Crippen LogP contribution in [0.2, 0.25) is 5.02 Å². The lowest BCUT2D eigenvalue weighted by molar-refractivity contribution is 0.486. The number of pyridine rings is 1. The lowest BCUT2D eigenvalue weighted by atomic mass is 10.0. The second-order valence-corrected chi connectivity index (χ2v) is 5.34. The highest BCUT2D eigenvalue weighted by Gasteiger charge is 2.09. The third-order valence-electron chi connectivity index (χ3n) is 3.06. The molecule has 0 aliphatic rings. The van der Waals surface area contributed by atoms with E-state index in [1.807, 2.05) is 36.4 Å². The van der Waals surface area contributed by atoms with Crippen molar-refractivity contribution < 1.29 is 4.74 Å². The largest absolute Gasteiger partial charge is 0.455 e. The third-order valence-corrected chi connectivity index (χ3v) is 3.48. The third kappa shape index (κ3) is 2.82. The van der Waals surface area contributed by atoms with Crippen molar-refractivity contribution in [1.29, 1.82) is 0 Å². The molecule has 3 aromatic rings. The van der Waals surface area contributed by atoms with Gasteiger partial charge in [-0.25, -0.2) is 0 Å². The molecule has 0 fully saturated rings. The Morgan fingerprint density at radius 3 is 2.57 bits per heavy atom. The first-order chi connectivity index (χ1) is 10.1. The number of halogens is 1. The maximum atomic E-state index is 5.92. The number of aromatic nitrogens is 1. The molecule has 5 heteroatoms. The molecule has 0 radical (unpaired) electrons. The number of ether oxygens (including phenoxy) is 1. The highest BCUT2D eigenvalue weighted by Crippen LogP contribution is 2.32. The van der Waals surface area contributed by atoms with Gasteiger partial charge in [-0.15, -0.1) is 0 Å². The molecule has 0 unspecified atom stereocenters. The molecule has 1 aromatic heterocycles. The second-order valence-electron chi connectivity index (χ2n) is 4.46. The number of thiocarbonyl (C=S) groups is 1. The topological polar surface area (TPSA) is 48.1 Å². The summed E-state index contributed by atoms with van der Waals surface area (Å²) in [6, 6.07) is 13.2. The zero-order chi connectivity index (χ0) is 14.8. The van der Waals surface area contributed by atoms with Gasteiger partial charge >= 0.3 is 0 Å². The van der Waals surface area contributed by atoms with Gasteiger partial charge in [-0.3, -0.25) is 4.98 Å². The van der Waals surface area contributed by atoms with E-state index in [0.29, 0.717) is 21.5 Å². The Morgan fingerprint density at radius 1 is 1.10 bits per heavy atom. The van der Waals surface area contributed by atoms with Gasteiger partial charge in [0.05, 0.1) is 11.2 Å². The fourth-order valence-corrected chi connectivity index (χ4v) is 2.49. The molecule has 0 amide bonds. The predicted molar refractivity (Wildman–Crippen MR) is 89.2 cm³/mol. The molecule has 21 heavy (non-hydrogen) atoms. The maximum absolute atomic E-state index is 5.92. The van der Waals surface area contributed by atoms with E-state index < -0.39 is 0 Å². The molecule has 1 heterocycles. The zero-order valence-corrected chi connectivity index (χ0v) is 12.5. The van der Waals surface area contributed by atoms with Gasteiger partial charge in [-0.1, -0.05) is 48.1 Å². The summed E-state index contributed by atoms with van der Waals surface area (Å²) in [5.74, 6) is 1.28. The molecule has 3 rings (SSSR count). The zero-order valence-electron chi connectivity index (χ0n) is 10.9. The molecule has 0 saturated carbocycles. The van der Waals surface area contributed by atoms with E-state index in [-0.39, 0.29) is 0 Å². The summed E-state index contributed by atoms with van der Waals surface area (Å²) in [5, 5.41) is 2.41. The van der Waals surface area contributed by atoms with Gasteiger partial charge in [0.25, 0.3) is 0 Å². The van der Waals surface area contributed by atoms with Crippen LogP contribution in [-0.2, 0) is 0 Å². The van der Waals surface area contributed by atoms with Crippen LogP contribution >= 0.6 is 23.8 Å². The summed E-state index contributed by atoms with van der Waals surface area (Å²) in [4.78, 5) is 4.37. The van der Waals surface area contributed by atoms with E-state index in [2.05, 4.69) is 4.98 Å². The van der Waals surface area contributed by atoms with E-state index in [9.17, 15) is 0 Å². The van der Waals surface area contributed by atoms with Crippen LogP contribution in [0, 0.1) is 0 Å². The van der Waals surface area contributed by atoms with Crippen LogP contribution in [0.4, 0.5) is 0 Å². The van der Waals surface area contributed by atoms with Crippen molar-refractivity contribution in [2.75, 3.05) is 0 Å². The first kappa shape index (κ1) is 13.8. The number of fused-ring (bicyclic) bond motifs is 1. The van der Waals surface area contributed by atoms with Crippen LogP contribution < -0.4 is 10.5 Å². The normalized spacial score (nSPS) is 10.5. The average Bonchev–Trinajstić information content (AvgIpc) is 2.47.